The summed E-state index contributed by atoms with van der Waals surface area (Å²) >= 11 is 0. The second-order valence-corrected chi connectivity index (χ2v) is 3.96. The Kier molecular flexibility index (Phi) is 2.14. The smallest absolute Gasteiger partial charge is 0.0465 e. The fourth-order valence-electron chi connectivity index (χ4n) is 2.71. The zero-order valence-corrected chi connectivity index (χ0v) is 6.92. The number of rotatable bonds is 1. The molecule has 0 amide bonds. The van der Waals surface area contributed by atoms with Crippen LogP contribution in [0.2, 0.25) is 0 Å². The van der Waals surface area contributed by atoms with Crippen molar-refractivity contribution in [3.63, 3.8) is 0 Å². The minimum Gasteiger partial charge on any atom is -0.396 e. The number of fused-ring (bicyclic) bond motifs is 2. The average molecular weight is 155 g/mol. The van der Waals surface area contributed by atoms with Gasteiger partial charge in [0.15, 0.2) is 0 Å². The van der Waals surface area contributed by atoms with Gasteiger partial charge in [0.1, 0.15) is 0 Å². The highest BCUT2D eigenvalue weighted by Gasteiger charge is 2.35. The minimum atomic E-state index is 0.414. The van der Waals surface area contributed by atoms with Crippen LogP contribution in [-0.2, 0) is 0 Å². The fourth-order valence-corrected chi connectivity index (χ4v) is 2.71. The second-order valence-electron chi connectivity index (χ2n) is 3.96. The monoisotopic (exact) mass is 155 g/mol. The van der Waals surface area contributed by atoms with Gasteiger partial charge in [-0.1, -0.05) is 6.42 Å². The van der Waals surface area contributed by atoms with E-state index in [1.54, 1.807) is 0 Å². The van der Waals surface area contributed by atoms with E-state index in [1.165, 1.54) is 19.3 Å². The van der Waals surface area contributed by atoms with E-state index < -0.39 is 0 Å². The van der Waals surface area contributed by atoms with Crippen LogP contribution in [0.4, 0.5) is 0 Å². The summed E-state index contributed by atoms with van der Waals surface area (Å²) in [6, 6.07) is 0. The summed E-state index contributed by atoms with van der Waals surface area (Å²) in [7, 11) is 0. The highest BCUT2D eigenvalue weighted by atomic mass is 16.3. The van der Waals surface area contributed by atoms with E-state index in [2.05, 4.69) is 5.32 Å². The molecule has 2 aliphatic rings. The molecule has 11 heavy (non-hydrogen) atoms. The molecule has 0 aromatic heterocycles. The molecule has 2 N–H and O–H groups in total. The van der Waals surface area contributed by atoms with E-state index >= 15 is 0 Å². The SMILES string of the molecule is OCC1C2CCCC1CNC2. The maximum atomic E-state index is 9.17. The fraction of sp³-hybridized carbons (Fsp3) is 1.00. The molecule has 2 fully saturated rings. The predicted molar refractivity (Wildman–Crippen MR) is 44.3 cm³/mol. The van der Waals surface area contributed by atoms with Crippen LogP contribution in [0.3, 0.4) is 0 Å². The van der Waals surface area contributed by atoms with Crippen molar-refractivity contribution in [3.8, 4) is 0 Å². The summed E-state index contributed by atoms with van der Waals surface area (Å²) in [5.41, 5.74) is 0. The molecule has 1 aliphatic carbocycles. The molecule has 0 radical (unpaired) electrons. The van der Waals surface area contributed by atoms with Gasteiger partial charge in [-0.05, 0) is 43.7 Å². The van der Waals surface area contributed by atoms with Crippen LogP contribution in [-0.4, -0.2) is 24.8 Å². The number of piperidine rings is 1. The first-order valence-corrected chi connectivity index (χ1v) is 4.73. The maximum absolute atomic E-state index is 9.17. The Morgan fingerprint density at radius 1 is 1.18 bits per heavy atom. The molecule has 0 aromatic carbocycles. The van der Waals surface area contributed by atoms with Crippen molar-refractivity contribution in [1.29, 1.82) is 0 Å². The average Bonchev–Trinajstić information content (AvgIpc) is 2.03. The van der Waals surface area contributed by atoms with Gasteiger partial charge in [-0.25, -0.2) is 0 Å². The Balaban J connectivity index is 2.04. The summed E-state index contributed by atoms with van der Waals surface area (Å²) in [6.07, 6.45) is 4.04. The van der Waals surface area contributed by atoms with Crippen molar-refractivity contribution in [2.75, 3.05) is 19.7 Å². The Morgan fingerprint density at radius 2 is 1.82 bits per heavy atom. The summed E-state index contributed by atoms with van der Waals surface area (Å²) in [5.74, 6) is 2.16. The largest absolute Gasteiger partial charge is 0.396 e. The molecule has 2 unspecified atom stereocenters. The van der Waals surface area contributed by atoms with E-state index in [1.807, 2.05) is 0 Å². The van der Waals surface area contributed by atoms with Crippen molar-refractivity contribution in [2.45, 2.75) is 19.3 Å². The van der Waals surface area contributed by atoms with Crippen molar-refractivity contribution < 1.29 is 5.11 Å². The number of nitrogens with one attached hydrogen (secondary N) is 1. The number of aliphatic hydroxyl groups excluding tert-OH is 1. The lowest BCUT2D eigenvalue weighted by Crippen LogP contribution is -2.47. The van der Waals surface area contributed by atoms with E-state index in [4.69, 9.17) is 5.11 Å². The predicted octanol–water partition coefficient (Wildman–Crippen LogP) is 0.614. The zero-order valence-electron chi connectivity index (χ0n) is 6.92. The quantitative estimate of drug-likeness (QED) is 0.581. The molecule has 64 valence electrons. The van der Waals surface area contributed by atoms with Gasteiger partial charge in [-0.3, -0.25) is 0 Å². The molecule has 2 bridgehead atoms. The summed E-state index contributed by atoms with van der Waals surface area (Å²) < 4.78 is 0. The highest BCUT2D eigenvalue weighted by molar-refractivity contribution is 4.88. The van der Waals surface area contributed by atoms with Crippen molar-refractivity contribution in [2.24, 2.45) is 17.8 Å². The lowest BCUT2D eigenvalue weighted by molar-refractivity contribution is 0.0539. The van der Waals surface area contributed by atoms with Gasteiger partial charge in [0.05, 0.1) is 0 Å². The van der Waals surface area contributed by atoms with Crippen LogP contribution in [0, 0.1) is 17.8 Å². The molecule has 0 spiro atoms. The zero-order chi connectivity index (χ0) is 7.68. The summed E-state index contributed by atoms with van der Waals surface area (Å²) in [6.45, 7) is 2.69. The standard InChI is InChI=1S/C9H17NO/c11-6-9-7-2-1-3-8(9)5-10-4-7/h7-11H,1-6H2. The Bertz CT molecular complexity index is 116. The first kappa shape index (κ1) is 7.56. The van der Waals surface area contributed by atoms with Crippen LogP contribution < -0.4 is 5.32 Å². The number of hydrogen-bond acceptors (Lipinski definition) is 2. The minimum absolute atomic E-state index is 0.414. The van der Waals surface area contributed by atoms with Crippen molar-refractivity contribution in [1.82, 2.24) is 5.32 Å². The second kappa shape index (κ2) is 3.11. The molecule has 1 heterocycles. The Morgan fingerprint density at radius 3 is 2.27 bits per heavy atom. The first-order chi connectivity index (χ1) is 5.42. The van der Waals surface area contributed by atoms with Gasteiger partial charge in [0, 0.05) is 6.61 Å². The van der Waals surface area contributed by atoms with Gasteiger partial charge in [0.2, 0.25) is 0 Å². The summed E-state index contributed by atoms with van der Waals surface area (Å²) in [4.78, 5) is 0. The van der Waals surface area contributed by atoms with Crippen LogP contribution in [0.25, 0.3) is 0 Å². The third kappa shape index (κ3) is 1.30. The van der Waals surface area contributed by atoms with Gasteiger partial charge in [-0.2, -0.15) is 0 Å². The van der Waals surface area contributed by atoms with E-state index in [0.29, 0.717) is 12.5 Å². The third-order valence-electron chi connectivity index (χ3n) is 3.38. The first-order valence-electron chi connectivity index (χ1n) is 4.73. The molecular formula is C9H17NO. The van der Waals surface area contributed by atoms with E-state index in [9.17, 15) is 0 Å². The summed E-state index contributed by atoms with van der Waals surface area (Å²) in [5, 5.41) is 12.6. The van der Waals surface area contributed by atoms with E-state index in [0.717, 1.165) is 24.9 Å². The lowest BCUT2D eigenvalue weighted by atomic mass is 9.70. The lowest BCUT2D eigenvalue weighted by Gasteiger charge is -2.42. The van der Waals surface area contributed by atoms with Crippen molar-refractivity contribution >= 4 is 0 Å². The van der Waals surface area contributed by atoms with E-state index in [-0.39, 0.29) is 0 Å². The molecule has 1 aliphatic heterocycles. The van der Waals surface area contributed by atoms with Gasteiger partial charge in [0.25, 0.3) is 0 Å². The molecule has 1 saturated carbocycles. The maximum Gasteiger partial charge on any atom is 0.0465 e. The molecular weight excluding hydrogens is 138 g/mol. The van der Waals surface area contributed by atoms with Crippen molar-refractivity contribution in [3.05, 3.63) is 0 Å². The number of aliphatic hydroxyl groups is 1. The Hall–Kier alpha value is -0.0800. The molecule has 1 saturated heterocycles. The van der Waals surface area contributed by atoms with Crippen LogP contribution in [0.5, 0.6) is 0 Å². The third-order valence-corrected chi connectivity index (χ3v) is 3.38. The normalized spacial score (nSPS) is 43.9. The Labute approximate surface area is 68.0 Å². The molecule has 2 heteroatoms. The van der Waals surface area contributed by atoms with Gasteiger partial charge < -0.3 is 10.4 Å². The van der Waals surface area contributed by atoms with Crippen LogP contribution in [0.15, 0.2) is 0 Å². The molecule has 2 nitrogen and oxygen atoms in total. The van der Waals surface area contributed by atoms with Crippen LogP contribution >= 0.6 is 0 Å². The molecule has 2 atom stereocenters. The molecule has 2 rings (SSSR count). The van der Waals surface area contributed by atoms with Crippen LogP contribution in [0.1, 0.15) is 19.3 Å². The van der Waals surface area contributed by atoms with Gasteiger partial charge in [-0.15, -0.1) is 0 Å². The van der Waals surface area contributed by atoms with Gasteiger partial charge >= 0.3 is 0 Å². The number of hydrogen-bond donors (Lipinski definition) is 2. The molecule has 0 aromatic rings. The topological polar surface area (TPSA) is 32.3 Å². The highest BCUT2D eigenvalue weighted by Crippen LogP contribution is 2.36.